The number of benzene rings is 1. The number of thioether (sulfide) groups is 1. The van der Waals surface area contributed by atoms with Crippen molar-refractivity contribution in [1.82, 2.24) is 4.90 Å². The van der Waals surface area contributed by atoms with E-state index in [1.54, 1.807) is 18.7 Å². The number of rotatable bonds is 6. The summed E-state index contributed by atoms with van der Waals surface area (Å²) in [6.45, 7) is 4.60. The van der Waals surface area contributed by atoms with E-state index in [-0.39, 0.29) is 5.91 Å². The first-order valence-corrected chi connectivity index (χ1v) is 7.80. The molecule has 1 atom stereocenters. The third-order valence-electron chi connectivity index (χ3n) is 3.37. The average molecular weight is 279 g/mol. The van der Waals surface area contributed by atoms with Crippen LogP contribution in [-0.4, -0.2) is 34.3 Å². The quantitative estimate of drug-likeness (QED) is 0.814. The second kappa shape index (κ2) is 6.44. The van der Waals surface area contributed by atoms with Crippen LogP contribution >= 0.6 is 11.8 Å². The van der Waals surface area contributed by atoms with E-state index in [0.717, 1.165) is 29.8 Å². The Balaban J connectivity index is 1.85. The summed E-state index contributed by atoms with van der Waals surface area (Å²) < 4.78 is 0. The molecule has 104 valence electrons. The van der Waals surface area contributed by atoms with Gasteiger partial charge in [-0.2, -0.15) is 0 Å². The lowest BCUT2D eigenvalue weighted by Crippen LogP contribution is -2.34. The fourth-order valence-corrected chi connectivity index (χ4v) is 2.88. The first kappa shape index (κ1) is 14.4. The molecule has 3 nitrogen and oxygen atoms in total. The van der Waals surface area contributed by atoms with Crippen LogP contribution in [0.5, 0.6) is 0 Å². The van der Waals surface area contributed by atoms with E-state index in [2.05, 4.69) is 0 Å². The first-order valence-electron chi connectivity index (χ1n) is 6.82. The topological polar surface area (TPSA) is 40.5 Å². The Morgan fingerprint density at radius 1 is 1.42 bits per heavy atom. The molecule has 1 N–H and O–H groups in total. The molecule has 19 heavy (non-hydrogen) atoms. The maximum absolute atomic E-state index is 12.1. The highest BCUT2D eigenvalue weighted by atomic mass is 32.2. The molecule has 1 aromatic carbocycles. The van der Waals surface area contributed by atoms with Gasteiger partial charge in [-0.15, -0.1) is 11.8 Å². The Kier molecular flexibility index (Phi) is 4.88. The molecule has 1 unspecified atom stereocenters. The van der Waals surface area contributed by atoms with Crippen molar-refractivity contribution < 1.29 is 9.90 Å². The van der Waals surface area contributed by atoms with Crippen LogP contribution < -0.4 is 0 Å². The number of amides is 1. The normalized spacial score (nSPS) is 16.2. The summed E-state index contributed by atoms with van der Waals surface area (Å²) in [6.07, 6.45) is 1.88. The van der Waals surface area contributed by atoms with Crippen LogP contribution in [0.4, 0.5) is 0 Å². The van der Waals surface area contributed by atoms with Crippen molar-refractivity contribution in [2.45, 2.75) is 43.7 Å². The predicted molar refractivity (Wildman–Crippen MR) is 78.2 cm³/mol. The van der Waals surface area contributed by atoms with Gasteiger partial charge in [0, 0.05) is 17.5 Å². The van der Waals surface area contributed by atoms with E-state index in [9.17, 15) is 9.90 Å². The Bertz CT molecular complexity index is 426. The zero-order chi connectivity index (χ0) is 13.8. The summed E-state index contributed by atoms with van der Waals surface area (Å²) in [5.41, 5.74) is 0.906. The lowest BCUT2D eigenvalue weighted by molar-refractivity contribution is -0.128. The van der Waals surface area contributed by atoms with Gasteiger partial charge in [0.2, 0.25) is 5.91 Å². The van der Waals surface area contributed by atoms with E-state index >= 15 is 0 Å². The lowest BCUT2D eigenvalue weighted by Gasteiger charge is -2.20. The highest BCUT2D eigenvalue weighted by Crippen LogP contribution is 2.28. The van der Waals surface area contributed by atoms with Crippen molar-refractivity contribution in [1.29, 1.82) is 0 Å². The zero-order valence-corrected chi connectivity index (χ0v) is 12.3. The summed E-state index contributed by atoms with van der Waals surface area (Å²) in [6, 6.07) is 8.25. The Labute approximate surface area is 119 Å². The molecular formula is C15H21NO2S. The van der Waals surface area contributed by atoms with E-state index < -0.39 is 6.10 Å². The Hall–Kier alpha value is -1.00. The number of nitrogens with zero attached hydrogens (tertiary/aromatic N) is 1. The molecule has 1 aliphatic carbocycles. The molecule has 1 aromatic rings. The molecule has 4 heteroatoms. The molecule has 0 heterocycles. The summed E-state index contributed by atoms with van der Waals surface area (Å²) in [5.74, 6) is 0.729. The van der Waals surface area contributed by atoms with Crippen molar-refractivity contribution in [2.24, 2.45) is 0 Å². The molecule has 0 bridgehead atoms. The van der Waals surface area contributed by atoms with E-state index in [1.165, 1.54) is 0 Å². The van der Waals surface area contributed by atoms with E-state index in [1.807, 2.05) is 36.1 Å². The molecule has 0 saturated heterocycles. The summed E-state index contributed by atoms with van der Waals surface area (Å²) >= 11 is 1.56. The maximum Gasteiger partial charge on any atom is 0.233 e. The second-order valence-electron chi connectivity index (χ2n) is 4.94. The third kappa shape index (κ3) is 3.98. The smallest absolute Gasteiger partial charge is 0.233 e. The van der Waals surface area contributed by atoms with Gasteiger partial charge in [-0.05, 0) is 44.4 Å². The number of hydrogen-bond acceptors (Lipinski definition) is 3. The van der Waals surface area contributed by atoms with Crippen molar-refractivity contribution in [3.8, 4) is 0 Å². The minimum Gasteiger partial charge on any atom is -0.389 e. The van der Waals surface area contributed by atoms with Gasteiger partial charge in [0.25, 0.3) is 0 Å². The van der Waals surface area contributed by atoms with Gasteiger partial charge < -0.3 is 10.0 Å². The summed E-state index contributed by atoms with van der Waals surface area (Å²) in [5, 5.41) is 9.44. The standard InChI is InChI=1S/C15H21NO2S/c1-3-16(13-6-7-13)15(18)10-19-14-8-4-12(5-9-14)11(2)17/h4-5,8-9,11,13,17H,3,6-7,10H2,1-2H3. The van der Waals surface area contributed by atoms with E-state index in [0.29, 0.717) is 11.8 Å². The molecule has 0 radical (unpaired) electrons. The van der Waals surface area contributed by atoms with Crippen LogP contribution in [0.3, 0.4) is 0 Å². The first-order chi connectivity index (χ1) is 9.11. The van der Waals surface area contributed by atoms with Crippen LogP contribution in [0.15, 0.2) is 29.2 Å². The summed E-state index contributed by atoms with van der Waals surface area (Å²) in [4.78, 5) is 15.1. The number of aliphatic hydroxyl groups is 1. The van der Waals surface area contributed by atoms with Gasteiger partial charge in [-0.3, -0.25) is 4.79 Å². The molecule has 1 fully saturated rings. The molecule has 1 saturated carbocycles. The molecule has 1 aliphatic rings. The number of carbonyl (C=O) groups excluding carboxylic acids is 1. The van der Waals surface area contributed by atoms with E-state index in [4.69, 9.17) is 0 Å². The fraction of sp³-hybridized carbons (Fsp3) is 0.533. The number of hydrogen-bond donors (Lipinski definition) is 1. The monoisotopic (exact) mass is 279 g/mol. The van der Waals surface area contributed by atoms with Crippen LogP contribution in [-0.2, 0) is 4.79 Å². The van der Waals surface area contributed by atoms with Crippen molar-refractivity contribution in [3.05, 3.63) is 29.8 Å². The minimum atomic E-state index is -0.439. The Morgan fingerprint density at radius 3 is 2.53 bits per heavy atom. The van der Waals surface area contributed by atoms with Crippen LogP contribution in [0.1, 0.15) is 38.4 Å². The predicted octanol–water partition coefficient (Wildman–Crippen LogP) is 2.84. The lowest BCUT2D eigenvalue weighted by atomic mass is 10.1. The highest BCUT2D eigenvalue weighted by molar-refractivity contribution is 8.00. The summed E-state index contributed by atoms with van der Waals surface area (Å²) in [7, 11) is 0. The van der Waals surface area contributed by atoms with Crippen molar-refractivity contribution in [3.63, 3.8) is 0 Å². The van der Waals surface area contributed by atoms with Crippen molar-refractivity contribution >= 4 is 17.7 Å². The number of aliphatic hydroxyl groups excluding tert-OH is 1. The SMILES string of the molecule is CCN(C(=O)CSc1ccc(C(C)O)cc1)C1CC1. The Morgan fingerprint density at radius 2 is 2.05 bits per heavy atom. The van der Waals surface area contributed by atoms with Gasteiger partial charge >= 0.3 is 0 Å². The largest absolute Gasteiger partial charge is 0.389 e. The van der Waals surface area contributed by atoms with Crippen molar-refractivity contribution in [2.75, 3.05) is 12.3 Å². The molecule has 0 aromatic heterocycles. The fourth-order valence-electron chi connectivity index (χ4n) is 2.09. The molecule has 0 aliphatic heterocycles. The van der Waals surface area contributed by atoms with Crippen LogP contribution in [0.2, 0.25) is 0 Å². The minimum absolute atomic E-state index is 0.231. The molecule has 0 spiro atoms. The highest BCUT2D eigenvalue weighted by Gasteiger charge is 2.30. The van der Waals surface area contributed by atoms with Gasteiger partial charge in [0.15, 0.2) is 0 Å². The van der Waals surface area contributed by atoms with Crippen LogP contribution in [0, 0.1) is 0 Å². The van der Waals surface area contributed by atoms with Gasteiger partial charge in [0.1, 0.15) is 0 Å². The maximum atomic E-state index is 12.1. The average Bonchev–Trinajstić information content (AvgIpc) is 3.22. The second-order valence-corrected chi connectivity index (χ2v) is 5.99. The molecular weight excluding hydrogens is 258 g/mol. The third-order valence-corrected chi connectivity index (χ3v) is 4.37. The van der Waals surface area contributed by atoms with Gasteiger partial charge in [-0.25, -0.2) is 0 Å². The number of carbonyl (C=O) groups is 1. The molecule has 1 amide bonds. The van der Waals surface area contributed by atoms with Crippen LogP contribution in [0.25, 0.3) is 0 Å². The van der Waals surface area contributed by atoms with Gasteiger partial charge in [0.05, 0.1) is 11.9 Å². The zero-order valence-electron chi connectivity index (χ0n) is 11.5. The van der Waals surface area contributed by atoms with Gasteiger partial charge in [-0.1, -0.05) is 12.1 Å². The molecule has 2 rings (SSSR count).